The molecule has 2 aromatic carbocycles. The Hall–Kier alpha value is -1.87. The highest BCUT2D eigenvalue weighted by Crippen LogP contribution is 2.23. The van der Waals surface area contributed by atoms with Crippen LogP contribution in [0.15, 0.2) is 36.4 Å². The van der Waals surface area contributed by atoms with Crippen LogP contribution in [-0.2, 0) is 6.61 Å². The maximum atomic E-state index is 13.3. The summed E-state index contributed by atoms with van der Waals surface area (Å²) in [6, 6.07) is 9.80. The Morgan fingerprint density at radius 2 is 2.11 bits per heavy atom. The lowest BCUT2D eigenvalue weighted by Crippen LogP contribution is -2.00. The van der Waals surface area contributed by atoms with Gasteiger partial charge < -0.3 is 4.74 Å². The molecule has 2 rings (SSSR count). The van der Waals surface area contributed by atoms with Crippen LogP contribution in [0.25, 0.3) is 0 Å². The molecule has 0 aliphatic carbocycles. The van der Waals surface area contributed by atoms with Crippen LogP contribution in [-0.4, -0.2) is 6.29 Å². The van der Waals surface area contributed by atoms with E-state index < -0.39 is 5.82 Å². The zero-order valence-corrected chi connectivity index (χ0v) is 11.1. The second kappa shape index (κ2) is 5.85. The maximum Gasteiger partial charge on any atom is 0.153 e. The zero-order chi connectivity index (χ0) is 13.8. The number of benzene rings is 2. The lowest BCUT2D eigenvalue weighted by atomic mass is 10.1. The Morgan fingerprint density at radius 3 is 2.79 bits per heavy atom. The molecule has 98 valence electrons. The fourth-order valence-corrected chi connectivity index (χ4v) is 1.87. The molecule has 0 aliphatic rings. The molecule has 4 heteroatoms. The standard InChI is InChI=1S/C15H12ClFO2/c1-10-3-2-4-12(8-18)15(10)19-9-11-5-6-13(16)14(17)7-11/h2-8H,9H2,1H3. The third-order valence-corrected chi connectivity index (χ3v) is 3.04. The molecule has 0 aliphatic heterocycles. The molecule has 0 atom stereocenters. The summed E-state index contributed by atoms with van der Waals surface area (Å²) in [7, 11) is 0. The van der Waals surface area contributed by atoms with Gasteiger partial charge in [0.15, 0.2) is 6.29 Å². The van der Waals surface area contributed by atoms with E-state index in [0.717, 1.165) is 11.8 Å². The predicted octanol–water partition coefficient (Wildman–Crippen LogP) is 4.18. The minimum Gasteiger partial charge on any atom is -0.488 e. The van der Waals surface area contributed by atoms with Crippen molar-refractivity contribution in [3.8, 4) is 5.75 Å². The van der Waals surface area contributed by atoms with Crippen LogP contribution in [0, 0.1) is 12.7 Å². The maximum absolute atomic E-state index is 13.3. The second-order valence-electron chi connectivity index (χ2n) is 4.15. The summed E-state index contributed by atoms with van der Waals surface area (Å²) in [5.74, 6) is 0.0380. The van der Waals surface area contributed by atoms with Crippen LogP contribution in [0.5, 0.6) is 5.75 Å². The Balaban J connectivity index is 2.18. The van der Waals surface area contributed by atoms with E-state index in [0.29, 0.717) is 16.9 Å². The van der Waals surface area contributed by atoms with Gasteiger partial charge in [0.1, 0.15) is 18.2 Å². The van der Waals surface area contributed by atoms with E-state index in [1.165, 1.54) is 12.1 Å². The highest BCUT2D eigenvalue weighted by Gasteiger charge is 2.07. The summed E-state index contributed by atoms with van der Waals surface area (Å²) in [6.45, 7) is 2.03. The van der Waals surface area contributed by atoms with E-state index in [4.69, 9.17) is 16.3 Å². The number of hydrogen-bond donors (Lipinski definition) is 0. The molecule has 19 heavy (non-hydrogen) atoms. The summed E-state index contributed by atoms with van der Waals surface area (Å²) in [5, 5.41) is 0.0771. The Labute approximate surface area is 115 Å². The van der Waals surface area contributed by atoms with Crippen molar-refractivity contribution >= 4 is 17.9 Å². The Bertz CT molecular complexity index is 611. The average molecular weight is 279 g/mol. The van der Waals surface area contributed by atoms with E-state index in [2.05, 4.69) is 0 Å². The second-order valence-corrected chi connectivity index (χ2v) is 4.56. The number of rotatable bonds is 4. The molecule has 0 aromatic heterocycles. The van der Waals surface area contributed by atoms with Crippen LogP contribution >= 0.6 is 11.6 Å². The van der Waals surface area contributed by atoms with Crippen LogP contribution in [0.3, 0.4) is 0 Å². The van der Waals surface area contributed by atoms with Crippen molar-refractivity contribution in [2.24, 2.45) is 0 Å². The van der Waals surface area contributed by atoms with E-state index >= 15 is 0 Å². The molecule has 0 radical (unpaired) electrons. The SMILES string of the molecule is Cc1cccc(C=O)c1OCc1ccc(Cl)c(F)c1. The molecule has 0 heterocycles. The van der Waals surface area contributed by atoms with Crippen molar-refractivity contribution in [1.29, 1.82) is 0 Å². The first kappa shape index (κ1) is 13.6. The van der Waals surface area contributed by atoms with Crippen molar-refractivity contribution in [2.45, 2.75) is 13.5 Å². The van der Waals surface area contributed by atoms with E-state index in [1.807, 2.05) is 13.0 Å². The normalized spacial score (nSPS) is 10.3. The third kappa shape index (κ3) is 3.12. The number of hydrogen-bond acceptors (Lipinski definition) is 2. The fourth-order valence-electron chi connectivity index (χ4n) is 1.75. The van der Waals surface area contributed by atoms with E-state index in [-0.39, 0.29) is 11.6 Å². The first-order valence-electron chi connectivity index (χ1n) is 5.73. The molecule has 0 N–H and O–H groups in total. The lowest BCUT2D eigenvalue weighted by Gasteiger charge is -2.11. The highest BCUT2D eigenvalue weighted by atomic mass is 35.5. The third-order valence-electron chi connectivity index (χ3n) is 2.74. The number of carbonyl (C=O) groups is 1. The minimum absolute atomic E-state index is 0.0771. The van der Waals surface area contributed by atoms with Gasteiger partial charge in [-0.15, -0.1) is 0 Å². The van der Waals surface area contributed by atoms with Gasteiger partial charge in [0.05, 0.1) is 10.6 Å². The van der Waals surface area contributed by atoms with Crippen molar-refractivity contribution in [1.82, 2.24) is 0 Å². The first-order chi connectivity index (χ1) is 9.11. The van der Waals surface area contributed by atoms with Crippen molar-refractivity contribution < 1.29 is 13.9 Å². The zero-order valence-electron chi connectivity index (χ0n) is 10.3. The van der Waals surface area contributed by atoms with Gasteiger partial charge in [0.25, 0.3) is 0 Å². The molecule has 2 nitrogen and oxygen atoms in total. The van der Waals surface area contributed by atoms with Gasteiger partial charge in [0.2, 0.25) is 0 Å². The first-order valence-corrected chi connectivity index (χ1v) is 6.11. The van der Waals surface area contributed by atoms with Crippen LogP contribution in [0.4, 0.5) is 4.39 Å². The van der Waals surface area contributed by atoms with Crippen molar-refractivity contribution in [2.75, 3.05) is 0 Å². The topological polar surface area (TPSA) is 26.3 Å². The summed E-state index contributed by atoms with van der Waals surface area (Å²) in [5.41, 5.74) is 2.00. The quantitative estimate of drug-likeness (QED) is 0.784. The number of aryl methyl sites for hydroxylation is 1. The van der Waals surface area contributed by atoms with E-state index in [9.17, 15) is 9.18 Å². The molecule has 0 amide bonds. The molecule has 0 unspecified atom stereocenters. The minimum atomic E-state index is -0.483. The van der Waals surface area contributed by atoms with Crippen LogP contribution in [0.1, 0.15) is 21.5 Å². The largest absolute Gasteiger partial charge is 0.488 e. The fraction of sp³-hybridized carbons (Fsp3) is 0.133. The van der Waals surface area contributed by atoms with Gasteiger partial charge in [-0.05, 0) is 36.2 Å². The number of halogens is 2. The van der Waals surface area contributed by atoms with Gasteiger partial charge >= 0.3 is 0 Å². The molecule has 2 aromatic rings. The summed E-state index contributed by atoms with van der Waals surface area (Å²) < 4.78 is 18.9. The monoisotopic (exact) mass is 278 g/mol. The Morgan fingerprint density at radius 1 is 1.32 bits per heavy atom. The molecule has 0 fully saturated rings. The van der Waals surface area contributed by atoms with Gasteiger partial charge in [-0.2, -0.15) is 0 Å². The van der Waals surface area contributed by atoms with E-state index in [1.54, 1.807) is 18.2 Å². The number of carbonyl (C=O) groups excluding carboxylic acids is 1. The Kier molecular flexibility index (Phi) is 4.17. The lowest BCUT2D eigenvalue weighted by molar-refractivity contribution is 0.111. The van der Waals surface area contributed by atoms with Gasteiger partial charge in [-0.25, -0.2) is 4.39 Å². The van der Waals surface area contributed by atoms with Crippen LogP contribution < -0.4 is 4.74 Å². The number of ether oxygens (including phenoxy) is 1. The summed E-state index contributed by atoms with van der Waals surface area (Å²) in [4.78, 5) is 10.9. The number of para-hydroxylation sites is 1. The van der Waals surface area contributed by atoms with Gasteiger partial charge in [-0.1, -0.05) is 29.8 Å². The molecule has 0 spiro atoms. The predicted molar refractivity (Wildman–Crippen MR) is 72.3 cm³/mol. The average Bonchev–Trinajstić information content (AvgIpc) is 2.41. The van der Waals surface area contributed by atoms with Gasteiger partial charge in [-0.3, -0.25) is 4.79 Å². The summed E-state index contributed by atoms with van der Waals surface area (Å²) in [6.07, 6.45) is 0.741. The van der Waals surface area contributed by atoms with Crippen molar-refractivity contribution in [3.05, 3.63) is 63.9 Å². The highest BCUT2D eigenvalue weighted by molar-refractivity contribution is 6.30. The number of aldehydes is 1. The smallest absolute Gasteiger partial charge is 0.153 e. The summed E-state index contributed by atoms with van der Waals surface area (Å²) >= 11 is 5.61. The molecule has 0 bridgehead atoms. The molecule has 0 saturated carbocycles. The molecular weight excluding hydrogens is 267 g/mol. The van der Waals surface area contributed by atoms with Crippen molar-refractivity contribution in [3.63, 3.8) is 0 Å². The van der Waals surface area contributed by atoms with Gasteiger partial charge in [0, 0.05) is 0 Å². The molecule has 0 saturated heterocycles. The van der Waals surface area contributed by atoms with Crippen LogP contribution in [0.2, 0.25) is 5.02 Å². The molecular formula is C15H12ClFO2.